The van der Waals surface area contributed by atoms with Crippen molar-refractivity contribution in [3.05, 3.63) is 34.9 Å². The molecular formula is C18H23NO3. The van der Waals surface area contributed by atoms with E-state index in [9.17, 15) is 14.7 Å². The number of ketones is 1. The zero-order valence-corrected chi connectivity index (χ0v) is 13.3. The second kappa shape index (κ2) is 5.51. The maximum atomic E-state index is 12.9. The van der Waals surface area contributed by atoms with Crippen molar-refractivity contribution >= 4 is 11.7 Å². The average molecular weight is 301 g/mol. The lowest BCUT2D eigenvalue weighted by molar-refractivity contribution is -0.0146. The molecule has 1 aromatic rings. The summed E-state index contributed by atoms with van der Waals surface area (Å²) in [5, 5.41) is 10.2. The van der Waals surface area contributed by atoms with Crippen LogP contribution in [0.1, 0.15) is 59.4 Å². The van der Waals surface area contributed by atoms with Crippen molar-refractivity contribution in [1.29, 1.82) is 0 Å². The fraction of sp³-hybridized carbons (Fsp3) is 0.556. The molecule has 0 aromatic heterocycles. The number of amides is 1. The molecule has 0 radical (unpaired) electrons. The van der Waals surface area contributed by atoms with Crippen LogP contribution in [0.25, 0.3) is 0 Å². The van der Waals surface area contributed by atoms with Gasteiger partial charge in [0.1, 0.15) is 0 Å². The van der Waals surface area contributed by atoms with Gasteiger partial charge in [-0.15, -0.1) is 0 Å². The number of hydrogen-bond donors (Lipinski definition) is 1. The molecule has 1 aliphatic carbocycles. The van der Waals surface area contributed by atoms with Crippen LogP contribution in [0.15, 0.2) is 18.2 Å². The van der Waals surface area contributed by atoms with Gasteiger partial charge in [-0.1, -0.05) is 12.1 Å². The lowest BCUT2D eigenvalue weighted by atomic mass is 9.84. The molecule has 1 aliphatic heterocycles. The van der Waals surface area contributed by atoms with Crippen LogP contribution in [0.2, 0.25) is 0 Å². The maximum Gasteiger partial charge on any atom is 0.254 e. The number of benzene rings is 1. The van der Waals surface area contributed by atoms with Gasteiger partial charge in [-0.25, -0.2) is 0 Å². The van der Waals surface area contributed by atoms with Gasteiger partial charge < -0.3 is 10.0 Å². The molecule has 1 amide bonds. The van der Waals surface area contributed by atoms with Crippen molar-refractivity contribution in [2.45, 2.75) is 45.1 Å². The number of hydrogen-bond acceptors (Lipinski definition) is 3. The summed E-state index contributed by atoms with van der Waals surface area (Å²) in [6, 6.07) is 5.44. The minimum Gasteiger partial charge on any atom is -0.390 e. The lowest BCUT2D eigenvalue weighted by Crippen LogP contribution is -2.47. The minimum absolute atomic E-state index is 0.000463. The molecule has 2 aliphatic rings. The number of likely N-dealkylation sites (tertiary alicyclic amines) is 1. The number of rotatable bonds is 2. The van der Waals surface area contributed by atoms with E-state index in [-0.39, 0.29) is 17.6 Å². The largest absolute Gasteiger partial charge is 0.390 e. The summed E-state index contributed by atoms with van der Waals surface area (Å²) in [5.74, 6) is 0.238. The zero-order chi connectivity index (χ0) is 15.9. The topological polar surface area (TPSA) is 57.6 Å². The van der Waals surface area contributed by atoms with Crippen LogP contribution in [-0.2, 0) is 6.42 Å². The Balaban J connectivity index is 1.85. The third kappa shape index (κ3) is 2.68. The first kappa shape index (κ1) is 15.2. The van der Waals surface area contributed by atoms with Crippen molar-refractivity contribution in [2.75, 3.05) is 13.1 Å². The fourth-order valence-corrected chi connectivity index (χ4v) is 3.60. The molecule has 1 saturated heterocycles. The van der Waals surface area contributed by atoms with Crippen LogP contribution in [0.5, 0.6) is 0 Å². The highest BCUT2D eigenvalue weighted by Crippen LogP contribution is 2.30. The van der Waals surface area contributed by atoms with Gasteiger partial charge >= 0.3 is 0 Å². The summed E-state index contributed by atoms with van der Waals surface area (Å²) in [6.07, 6.45) is 3.03. The van der Waals surface area contributed by atoms with Gasteiger partial charge in [0.2, 0.25) is 0 Å². The van der Waals surface area contributed by atoms with Crippen LogP contribution >= 0.6 is 0 Å². The van der Waals surface area contributed by atoms with E-state index in [1.165, 1.54) is 0 Å². The first-order valence-corrected chi connectivity index (χ1v) is 8.04. The van der Waals surface area contributed by atoms with Crippen LogP contribution in [-0.4, -0.2) is 40.4 Å². The predicted octanol–water partition coefficient (Wildman–Crippen LogP) is 2.44. The second-order valence-corrected chi connectivity index (χ2v) is 7.00. The SMILES string of the molecule is CC(C)(O)[C@H]1CCCN(C(=O)c2cccc3c2CCC3=O)C1. The smallest absolute Gasteiger partial charge is 0.254 e. The predicted molar refractivity (Wildman–Crippen MR) is 84.0 cm³/mol. The number of nitrogens with zero attached hydrogens (tertiary/aromatic N) is 1. The molecule has 3 rings (SSSR count). The Kier molecular flexibility index (Phi) is 3.81. The normalized spacial score (nSPS) is 21.9. The number of carbonyl (C=O) groups is 2. The quantitative estimate of drug-likeness (QED) is 0.913. The molecule has 1 fully saturated rings. The number of fused-ring (bicyclic) bond motifs is 1. The van der Waals surface area contributed by atoms with Gasteiger partial charge in [0.05, 0.1) is 5.60 Å². The van der Waals surface area contributed by atoms with E-state index in [1.54, 1.807) is 6.07 Å². The maximum absolute atomic E-state index is 12.9. The van der Waals surface area contributed by atoms with Gasteiger partial charge in [-0.2, -0.15) is 0 Å². The first-order valence-electron chi connectivity index (χ1n) is 8.04. The molecule has 0 spiro atoms. The van der Waals surface area contributed by atoms with E-state index in [4.69, 9.17) is 0 Å². The Hall–Kier alpha value is -1.68. The van der Waals surface area contributed by atoms with Gasteiger partial charge in [-0.05, 0) is 44.7 Å². The number of carbonyl (C=O) groups excluding carboxylic acids is 2. The van der Waals surface area contributed by atoms with Crippen molar-refractivity contribution in [1.82, 2.24) is 4.90 Å². The summed E-state index contributed by atoms with van der Waals surface area (Å²) in [5.41, 5.74) is 1.51. The number of piperidine rings is 1. The molecule has 0 saturated carbocycles. The Bertz CT molecular complexity index is 615. The molecule has 1 atom stereocenters. The summed E-state index contributed by atoms with van der Waals surface area (Å²) in [6.45, 7) is 4.93. The highest BCUT2D eigenvalue weighted by Gasteiger charge is 2.34. The van der Waals surface area contributed by atoms with Gasteiger partial charge in [-0.3, -0.25) is 9.59 Å². The Morgan fingerprint density at radius 2 is 2.09 bits per heavy atom. The standard InChI is InChI=1S/C18H23NO3/c1-18(2,22)12-5-4-10-19(11-12)17(21)15-7-3-6-14-13(15)8-9-16(14)20/h3,6-7,12,22H,4-5,8-11H2,1-2H3/t12-/m0/s1. The van der Waals surface area contributed by atoms with Crippen molar-refractivity contribution in [3.63, 3.8) is 0 Å². The molecule has 0 bridgehead atoms. The first-order chi connectivity index (χ1) is 10.4. The van der Waals surface area contributed by atoms with E-state index in [1.807, 2.05) is 30.9 Å². The summed E-state index contributed by atoms with van der Waals surface area (Å²) >= 11 is 0. The minimum atomic E-state index is -0.770. The molecule has 118 valence electrons. The third-order valence-electron chi connectivity index (χ3n) is 5.02. The number of aliphatic hydroxyl groups is 1. The van der Waals surface area contributed by atoms with Crippen LogP contribution in [0, 0.1) is 5.92 Å². The van der Waals surface area contributed by atoms with Crippen LogP contribution < -0.4 is 0 Å². The molecule has 1 N–H and O–H groups in total. The molecule has 1 heterocycles. The molecular weight excluding hydrogens is 278 g/mol. The number of Topliss-reactive ketones (excluding diaryl/α,β-unsaturated/α-hetero) is 1. The van der Waals surface area contributed by atoms with Gasteiger partial charge in [0, 0.05) is 36.6 Å². The highest BCUT2D eigenvalue weighted by molar-refractivity contribution is 6.05. The molecule has 0 unspecified atom stereocenters. The molecule has 4 heteroatoms. The van der Waals surface area contributed by atoms with E-state index in [0.717, 1.165) is 24.9 Å². The van der Waals surface area contributed by atoms with E-state index in [0.29, 0.717) is 30.5 Å². The van der Waals surface area contributed by atoms with Gasteiger partial charge in [0.25, 0.3) is 5.91 Å². The van der Waals surface area contributed by atoms with Crippen molar-refractivity contribution in [2.24, 2.45) is 5.92 Å². The zero-order valence-electron chi connectivity index (χ0n) is 13.3. The third-order valence-corrected chi connectivity index (χ3v) is 5.02. The summed E-state index contributed by atoms with van der Waals surface area (Å²) < 4.78 is 0. The highest BCUT2D eigenvalue weighted by atomic mass is 16.3. The fourth-order valence-electron chi connectivity index (χ4n) is 3.60. The van der Waals surface area contributed by atoms with Crippen molar-refractivity contribution < 1.29 is 14.7 Å². The Morgan fingerprint density at radius 1 is 1.32 bits per heavy atom. The average Bonchev–Trinajstić information content (AvgIpc) is 2.87. The van der Waals surface area contributed by atoms with E-state index >= 15 is 0 Å². The molecule has 22 heavy (non-hydrogen) atoms. The molecule has 1 aromatic carbocycles. The monoisotopic (exact) mass is 301 g/mol. The summed E-state index contributed by atoms with van der Waals surface area (Å²) in [4.78, 5) is 26.6. The second-order valence-electron chi connectivity index (χ2n) is 7.00. The lowest BCUT2D eigenvalue weighted by Gasteiger charge is -2.39. The van der Waals surface area contributed by atoms with Crippen LogP contribution in [0.3, 0.4) is 0 Å². The van der Waals surface area contributed by atoms with Crippen LogP contribution in [0.4, 0.5) is 0 Å². The van der Waals surface area contributed by atoms with E-state index in [2.05, 4.69) is 0 Å². The van der Waals surface area contributed by atoms with Crippen molar-refractivity contribution in [3.8, 4) is 0 Å². The van der Waals surface area contributed by atoms with Gasteiger partial charge in [0.15, 0.2) is 5.78 Å². The summed E-state index contributed by atoms with van der Waals surface area (Å²) in [7, 11) is 0. The Morgan fingerprint density at radius 3 is 2.82 bits per heavy atom. The Labute approximate surface area is 131 Å². The molecule has 4 nitrogen and oxygen atoms in total. The van der Waals surface area contributed by atoms with E-state index < -0.39 is 5.60 Å².